The van der Waals surface area contributed by atoms with Gasteiger partial charge in [0, 0.05) is 25.8 Å². The zero-order valence-electron chi connectivity index (χ0n) is 11.3. The number of hydrogen-bond acceptors (Lipinski definition) is 5. The molecule has 1 unspecified atom stereocenters. The molecule has 6 nitrogen and oxygen atoms in total. The summed E-state index contributed by atoms with van der Waals surface area (Å²) < 4.78 is 15.4. The fourth-order valence-electron chi connectivity index (χ4n) is 2.01. The highest BCUT2D eigenvalue weighted by atomic mass is 16.5. The van der Waals surface area contributed by atoms with Crippen LogP contribution in [0.15, 0.2) is 12.1 Å². The van der Waals surface area contributed by atoms with E-state index in [1.54, 1.807) is 27.4 Å². The highest BCUT2D eigenvalue weighted by Gasteiger charge is 2.26. The van der Waals surface area contributed by atoms with Crippen LogP contribution in [-0.4, -0.2) is 39.9 Å². The molecule has 1 aromatic carbocycles. The Morgan fingerprint density at radius 1 is 1.11 bits per heavy atom. The van der Waals surface area contributed by atoms with Crippen molar-refractivity contribution in [1.82, 2.24) is 0 Å². The average molecular weight is 266 g/mol. The number of carbonyl (C=O) groups is 1. The predicted molar refractivity (Wildman–Crippen MR) is 72.1 cm³/mol. The second-order valence-corrected chi connectivity index (χ2v) is 4.22. The molecule has 1 aromatic rings. The molecule has 2 N–H and O–H groups in total. The summed E-state index contributed by atoms with van der Waals surface area (Å²) in [6.45, 7) is 0.522. The number of nitrogens with one attached hydrogen (secondary N) is 2. The first-order valence-electron chi connectivity index (χ1n) is 6.02. The molecule has 0 bridgehead atoms. The van der Waals surface area contributed by atoms with Gasteiger partial charge in [0.1, 0.15) is 6.04 Å². The maximum Gasteiger partial charge on any atom is 0.247 e. The molecule has 6 heteroatoms. The van der Waals surface area contributed by atoms with Crippen LogP contribution in [0, 0.1) is 0 Å². The molecule has 0 fully saturated rings. The molecule has 1 amide bonds. The minimum Gasteiger partial charge on any atom is -0.493 e. The number of rotatable bonds is 5. The lowest BCUT2D eigenvalue weighted by Gasteiger charge is -2.27. The zero-order chi connectivity index (χ0) is 13.8. The maximum absolute atomic E-state index is 11.9. The van der Waals surface area contributed by atoms with Crippen molar-refractivity contribution in [3.63, 3.8) is 0 Å². The number of benzene rings is 1. The van der Waals surface area contributed by atoms with Gasteiger partial charge in [-0.05, 0) is 6.42 Å². The lowest BCUT2D eigenvalue weighted by Crippen LogP contribution is -2.39. The van der Waals surface area contributed by atoms with Crippen LogP contribution in [0.5, 0.6) is 11.5 Å². The molecule has 1 aliphatic rings. The van der Waals surface area contributed by atoms with Gasteiger partial charge < -0.3 is 24.8 Å². The monoisotopic (exact) mass is 266 g/mol. The van der Waals surface area contributed by atoms with E-state index in [4.69, 9.17) is 14.2 Å². The third kappa shape index (κ3) is 2.73. The highest BCUT2D eigenvalue weighted by Crippen LogP contribution is 2.38. The Morgan fingerprint density at radius 2 is 1.74 bits per heavy atom. The highest BCUT2D eigenvalue weighted by molar-refractivity contribution is 6.03. The molecular formula is C13H18N2O4. The van der Waals surface area contributed by atoms with Gasteiger partial charge in [-0.1, -0.05) is 0 Å². The van der Waals surface area contributed by atoms with E-state index < -0.39 is 0 Å². The van der Waals surface area contributed by atoms with Gasteiger partial charge in [-0.15, -0.1) is 0 Å². The van der Waals surface area contributed by atoms with Crippen LogP contribution in [0.2, 0.25) is 0 Å². The van der Waals surface area contributed by atoms with Gasteiger partial charge in [0.2, 0.25) is 5.91 Å². The molecular weight excluding hydrogens is 248 g/mol. The van der Waals surface area contributed by atoms with Crippen molar-refractivity contribution in [1.29, 1.82) is 0 Å². The average Bonchev–Trinajstić information content (AvgIpc) is 2.43. The van der Waals surface area contributed by atoms with Crippen molar-refractivity contribution in [2.75, 3.05) is 38.6 Å². The molecule has 0 aromatic heterocycles. The maximum atomic E-state index is 11.9. The Balaban J connectivity index is 2.26. The smallest absolute Gasteiger partial charge is 0.247 e. The van der Waals surface area contributed by atoms with Crippen molar-refractivity contribution in [3.05, 3.63) is 12.1 Å². The molecule has 1 heterocycles. The number of hydrogen-bond donors (Lipinski definition) is 2. The molecule has 2 rings (SSSR count). The van der Waals surface area contributed by atoms with E-state index >= 15 is 0 Å². The normalized spacial score (nSPS) is 17.2. The summed E-state index contributed by atoms with van der Waals surface area (Å²) in [6, 6.07) is 3.25. The number of fused-ring (bicyclic) bond motifs is 1. The third-order valence-corrected chi connectivity index (χ3v) is 3.04. The van der Waals surface area contributed by atoms with Gasteiger partial charge in [-0.3, -0.25) is 4.79 Å². The number of methoxy groups -OCH3 is 3. The first-order valence-corrected chi connectivity index (χ1v) is 6.02. The topological polar surface area (TPSA) is 68.8 Å². The summed E-state index contributed by atoms with van der Waals surface area (Å²) in [6.07, 6.45) is 0.607. The van der Waals surface area contributed by atoms with E-state index in [1.807, 2.05) is 6.07 Å². The Bertz CT molecular complexity index is 476. The first kappa shape index (κ1) is 13.5. The van der Waals surface area contributed by atoms with Crippen molar-refractivity contribution in [2.24, 2.45) is 0 Å². The standard InChI is InChI=1S/C13H18N2O4/c1-17-5-4-8-13(16)15-10-7-12(19-3)11(18-2)6-9(10)14-8/h6-8,14H,4-5H2,1-3H3,(H,15,16). The van der Waals surface area contributed by atoms with Crippen LogP contribution in [0.4, 0.5) is 11.4 Å². The lowest BCUT2D eigenvalue weighted by molar-refractivity contribution is -0.117. The van der Waals surface area contributed by atoms with E-state index in [1.165, 1.54) is 0 Å². The molecule has 0 saturated carbocycles. The van der Waals surface area contributed by atoms with Crippen LogP contribution >= 0.6 is 0 Å². The zero-order valence-corrected chi connectivity index (χ0v) is 11.3. The Morgan fingerprint density at radius 3 is 2.32 bits per heavy atom. The number of anilines is 2. The van der Waals surface area contributed by atoms with E-state index in [0.29, 0.717) is 30.2 Å². The van der Waals surface area contributed by atoms with Gasteiger partial charge in [0.25, 0.3) is 0 Å². The van der Waals surface area contributed by atoms with Crippen LogP contribution < -0.4 is 20.1 Å². The Kier molecular flexibility index (Phi) is 4.11. The predicted octanol–water partition coefficient (Wildman–Crippen LogP) is 1.47. The van der Waals surface area contributed by atoms with Gasteiger partial charge in [-0.2, -0.15) is 0 Å². The van der Waals surface area contributed by atoms with Gasteiger partial charge in [-0.25, -0.2) is 0 Å². The quantitative estimate of drug-likeness (QED) is 0.844. The summed E-state index contributed by atoms with van der Waals surface area (Å²) in [5, 5.41) is 6.03. The van der Waals surface area contributed by atoms with Crippen molar-refractivity contribution < 1.29 is 19.0 Å². The van der Waals surface area contributed by atoms with Crippen molar-refractivity contribution in [2.45, 2.75) is 12.5 Å². The molecule has 0 saturated heterocycles. The van der Waals surface area contributed by atoms with Gasteiger partial charge >= 0.3 is 0 Å². The minimum atomic E-state index is -0.300. The second kappa shape index (κ2) is 5.79. The summed E-state index contributed by atoms with van der Waals surface area (Å²) in [5.74, 6) is 1.13. The molecule has 0 radical (unpaired) electrons. The first-order chi connectivity index (χ1) is 9.19. The number of amides is 1. The minimum absolute atomic E-state index is 0.0724. The van der Waals surface area contributed by atoms with Crippen LogP contribution in [-0.2, 0) is 9.53 Å². The third-order valence-electron chi connectivity index (χ3n) is 3.04. The summed E-state index contributed by atoms with van der Waals surface area (Å²) in [5.41, 5.74) is 1.51. The summed E-state index contributed by atoms with van der Waals surface area (Å²) >= 11 is 0. The summed E-state index contributed by atoms with van der Waals surface area (Å²) in [4.78, 5) is 11.9. The number of carbonyl (C=O) groups excluding carboxylic acids is 1. The van der Waals surface area contributed by atoms with Crippen LogP contribution in [0.1, 0.15) is 6.42 Å². The molecule has 19 heavy (non-hydrogen) atoms. The Hall–Kier alpha value is -1.95. The fraction of sp³-hybridized carbons (Fsp3) is 0.462. The van der Waals surface area contributed by atoms with E-state index in [0.717, 1.165) is 5.69 Å². The van der Waals surface area contributed by atoms with Gasteiger partial charge in [0.15, 0.2) is 11.5 Å². The number of ether oxygens (including phenoxy) is 3. The van der Waals surface area contributed by atoms with Gasteiger partial charge in [0.05, 0.1) is 25.6 Å². The van der Waals surface area contributed by atoms with Crippen LogP contribution in [0.3, 0.4) is 0 Å². The largest absolute Gasteiger partial charge is 0.493 e. The van der Waals surface area contributed by atoms with Crippen molar-refractivity contribution >= 4 is 17.3 Å². The SMILES string of the molecule is COCCC1Nc2cc(OC)c(OC)cc2NC1=O. The Labute approximate surface area is 112 Å². The van der Waals surface area contributed by atoms with Crippen LogP contribution in [0.25, 0.3) is 0 Å². The fourth-order valence-corrected chi connectivity index (χ4v) is 2.01. The summed E-state index contributed by atoms with van der Waals surface area (Å²) in [7, 11) is 4.75. The van der Waals surface area contributed by atoms with Crippen molar-refractivity contribution in [3.8, 4) is 11.5 Å². The molecule has 104 valence electrons. The molecule has 0 aliphatic carbocycles. The molecule has 0 spiro atoms. The van der Waals surface area contributed by atoms with E-state index in [9.17, 15) is 4.79 Å². The van der Waals surface area contributed by atoms with E-state index in [2.05, 4.69) is 10.6 Å². The second-order valence-electron chi connectivity index (χ2n) is 4.22. The lowest BCUT2D eigenvalue weighted by atomic mass is 10.1. The molecule has 1 atom stereocenters. The molecule has 1 aliphatic heterocycles. The van der Waals surface area contributed by atoms with E-state index in [-0.39, 0.29) is 11.9 Å².